The van der Waals surface area contributed by atoms with Crippen molar-refractivity contribution < 1.29 is 14.7 Å². The highest BCUT2D eigenvalue weighted by Gasteiger charge is 2.53. The molecule has 3 fully saturated rings. The topological polar surface area (TPSA) is 69.6 Å². The van der Waals surface area contributed by atoms with E-state index < -0.39 is 12.0 Å². The third kappa shape index (κ3) is 2.06. The monoisotopic (exact) mass is 252 g/mol. The molecule has 3 rings (SSSR count). The number of hydrogen-bond acceptors (Lipinski definition) is 2. The zero-order valence-electron chi connectivity index (χ0n) is 10.5. The molecule has 1 aliphatic heterocycles. The van der Waals surface area contributed by atoms with Crippen LogP contribution in [0.25, 0.3) is 0 Å². The van der Waals surface area contributed by atoms with Crippen molar-refractivity contribution in [3.8, 4) is 0 Å². The van der Waals surface area contributed by atoms with E-state index in [0.29, 0.717) is 18.4 Å². The second kappa shape index (κ2) is 4.14. The molecule has 0 aromatic heterocycles. The van der Waals surface area contributed by atoms with Gasteiger partial charge in [0.1, 0.15) is 6.04 Å². The van der Waals surface area contributed by atoms with Crippen LogP contribution in [0, 0.1) is 11.3 Å². The molecule has 2 saturated carbocycles. The molecule has 0 spiro atoms. The van der Waals surface area contributed by atoms with Crippen LogP contribution < -0.4 is 5.32 Å². The predicted molar refractivity (Wildman–Crippen MR) is 65.2 cm³/mol. The van der Waals surface area contributed by atoms with E-state index >= 15 is 0 Å². The minimum Gasteiger partial charge on any atom is -0.480 e. The van der Waals surface area contributed by atoms with Gasteiger partial charge in [0.15, 0.2) is 0 Å². The Morgan fingerprint density at radius 1 is 1.28 bits per heavy atom. The molecule has 1 atom stereocenters. The maximum absolute atomic E-state index is 12.0. The first kappa shape index (κ1) is 11.8. The van der Waals surface area contributed by atoms with Gasteiger partial charge in [-0.3, -0.25) is 0 Å². The van der Waals surface area contributed by atoms with Crippen LogP contribution in [0.3, 0.4) is 0 Å². The van der Waals surface area contributed by atoms with Crippen LogP contribution in [0.5, 0.6) is 0 Å². The summed E-state index contributed by atoms with van der Waals surface area (Å²) in [7, 11) is 0. The minimum absolute atomic E-state index is 0.188. The maximum atomic E-state index is 12.0. The highest BCUT2D eigenvalue weighted by Crippen LogP contribution is 2.60. The lowest BCUT2D eigenvalue weighted by molar-refractivity contribution is -0.141. The number of amides is 2. The smallest absolute Gasteiger partial charge is 0.326 e. The van der Waals surface area contributed by atoms with Gasteiger partial charge in [-0.2, -0.15) is 0 Å². The molecule has 0 aromatic rings. The first-order chi connectivity index (χ1) is 8.62. The fraction of sp³-hybridized carbons (Fsp3) is 0.846. The number of nitrogens with zero attached hydrogens (tertiary/aromatic N) is 1. The Labute approximate surface area is 107 Å². The predicted octanol–water partition coefficient (Wildman–Crippen LogP) is 1.44. The first-order valence-corrected chi connectivity index (χ1v) is 6.90. The van der Waals surface area contributed by atoms with Gasteiger partial charge < -0.3 is 15.3 Å². The molecule has 100 valence electrons. The number of likely N-dealkylation sites (tertiary alicyclic amines) is 1. The third-order valence-electron chi connectivity index (χ3n) is 4.73. The Hall–Kier alpha value is -1.26. The van der Waals surface area contributed by atoms with Crippen molar-refractivity contribution in [1.29, 1.82) is 0 Å². The van der Waals surface area contributed by atoms with Crippen LogP contribution in [0.1, 0.15) is 38.5 Å². The summed E-state index contributed by atoms with van der Waals surface area (Å²) < 4.78 is 0. The average molecular weight is 252 g/mol. The van der Waals surface area contributed by atoms with E-state index in [9.17, 15) is 9.59 Å². The number of hydrogen-bond donors (Lipinski definition) is 2. The molecular formula is C13H20N2O3. The van der Waals surface area contributed by atoms with Crippen molar-refractivity contribution in [2.24, 2.45) is 11.3 Å². The van der Waals surface area contributed by atoms with E-state index in [-0.39, 0.29) is 6.03 Å². The molecule has 5 heteroatoms. The van der Waals surface area contributed by atoms with E-state index in [1.165, 1.54) is 30.6 Å². The number of aliphatic carboxylic acids is 1. The molecule has 0 bridgehead atoms. The van der Waals surface area contributed by atoms with E-state index in [1.54, 1.807) is 0 Å². The molecule has 0 unspecified atom stereocenters. The third-order valence-corrected chi connectivity index (χ3v) is 4.73. The van der Waals surface area contributed by atoms with Gasteiger partial charge in [-0.15, -0.1) is 0 Å². The molecule has 0 aromatic carbocycles. The molecule has 2 aliphatic carbocycles. The van der Waals surface area contributed by atoms with Gasteiger partial charge >= 0.3 is 12.0 Å². The number of nitrogens with one attached hydrogen (secondary N) is 1. The normalized spacial score (nSPS) is 29.1. The lowest BCUT2D eigenvalue weighted by Crippen LogP contribution is -2.47. The van der Waals surface area contributed by atoms with Crippen LogP contribution >= 0.6 is 0 Å². The van der Waals surface area contributed by atoms with Crippen LogP contribution in [0.4, 0.5) is 4.79 Å². The molecule has 3 aliphatic rings. The first-order valence-electron chi connectivity index (χ1n) is 6.90. The second-order valence-electron chi connectivity index (χ2n) is 5.99. The second-order valence-corrected chi connectivity index (χ2v) is 5.99. The summed E-state index contributed by atoms with van der Waals surface area (Å²) in [6.07, 6.45) is 6.42. The van der Waals surface area contributed by atoms with Gasteiger partial charge in [0, 0.05) is 13.1 Å². The highest BCUT2D eigenvalue weighted by molar-refractivity contribution is 5.83. The number of carboxylic acid groups (broad SMARTS) is 1. The van der Waals surface area contributed by atoms with Gasteiger partial charge in [-0.1, -0.05) is 0 Å². The van der Waals surface area contributed by atoms with Gasteiger partial charge in [0.25, 0.3) is 0 Å². The average Bonchev–Trinajstić information content (AvgIpc) is 3.23. The van der Waals surface area contributed by atoms with Crippen molar-refractivity contribution >= 4 is 12.0 Å². The molecule has 1 heterocycles. The fourth-order valence-electron chi connectivity index (χ4n) is 3.21. The molecule has 0 radical (unpaired) electrons. The van der Waals surface area contributed by atoms with Gasteiger partial charge in [0.05, 0.1) is 0 Å². The van der Waals surface area contributed by atoms with E-state index in [2.05, 4.69) is 5.32 Å². The van der Waals surface area contributed by atoms with Crippen LogP contribution in [-0.2, 0) is 4.79 Å². The Kier molecular flexibility index (Phi) is 2.72. The number of carbonyl (C=O) groups is 2. The van der Waals surface area contributed by atoms with Crippen LogP contribution in [-0.4, -0.2) is 41.1 Å². The zero-order valence-corrected chi connectivity index (χ0v) is 10.5. The number of rotatable bonds is 4. The number of carbonyl (C=O) groups excluding carboxylic acids is 1. The van der Waals surface area contributed by atoms with Crippen molar-refractivity contribution in [2.75, 3.05) is 13.1 Å². The SMILES string of the molecule is O=C(O)[C@@H]1CCCN1C(=O)NCC1(C2CC2)CC1. The Bertz CT molecular complexity index is 374. The summed E-state index contributed by atoms with van der Waals surface area (Å²) in [4.78, 5) is 24.5. The Morgan fingerprint density at radius 3 is 2.56 bits per heavy atom. The molecule has 18 heavy (non-hydrogen) atoms. The largest absolute Gasteiger partial charge is 0.480 e. The van der Waals surface area contributed by atoms with E-state index in [1.807, 2.05) is 0 Å². The van der Waals surface area contributed by atoms with Crippen molar-refractivity contribution in [1.82, 2.24) is 10.2 Å². The Morgan fingerprint density at radius 2 is 2.00 bits per heavy atom. The molecule has 1 saturated heterocycles. The zero-order chi connectivity index (χ0) is 12.8. The van der Waals surface area contributed by atoms with Gasteiger partial charge in [-0.25, -0.2) is 9.59 Å². The summed E-state index contributed by atoms with van der Waals surface area (Å²) in [5, 5.41) is 12.0. The van der Waals surface area contributed by atoms with Crippen LogP contribution in [0.15, 0.2) is 0 Å². The standard InChI is InChI=1S/C13H20N2O3/c16-11(17)10-2-1-7-15(10)12(18)14-8-13(5-6-13)9-3-4-9/h9-10H,1-8H2,(H,14,18)(H,16,17)/t10-/m0/s1. The fourth-order valence-corrected chi connectivity index (χ4v) is 3.21. The molecule has 2 N–H and O–H groups in total. The Balaban J connectivity index is 1.53. The minimum atomic E-state index is -0.883. The number of urea groups is 1. The van der Waals surface area contributed by atoms with Crippen molar-refractivity contribution in [3.63, 3.8) is 0 Å². The maximum Gasteiger partial charge on any atom is 0.326 e. The van der Waals surface area contributed by atoms with Crippen molar-refractivity contribution in [2.45, 2.75) is 44.6 Å². The molecule has 5 nitrogen and oxygen atoms in total. The summed E-state index contributed by atoms with van der Waals surface area (Å²) in [6.45, 7) is 1.30. The summed E-state index contributed by atoms with van der Waals surface area (Å²) in [6, 6.07) is -0.812. The highest BCUT2D eigenvalue weighted by atomic mass is 16.4. The lowest BCUT2D eigenvalue weighted by atomic mass is 10.0. The molecular weight excluding hydrogens is 232 g/mol. The lowest BCUT2D eigenvalue weighted by Gasteiger charge is -2.23. The summed E-state index contributed by atoms with van der Waals surface area (Å²) in [5.41, 5.74) is 0.369. The van der Waals surface area contributed by atoms with Gasteiger partial charge in [0.2, 0.25) is 0 Å². The van der Waals surface area contributed by atoms with Gasteiger partial charge in [-0.05, 0) is 49.9 Å². The summed E-state index contributed by atoms with van der Waals surface area (Å²) in [5.74, 6) is -0.0716. The van der Waals surface area contributed by atoms with Crippen molar-refractivity contribution in [3.05, 3.63) is 0 Å². The number of carboxylic acids is 1. The quantitative estimate of drug-likeness (QED) is 0.795. The molecule has 2 amide bonds. The van der Waals surface area contributed by atoms with E-state index in [4.69, 9.17) is 5.11 Å². The van der Waals surface area contributed by atoms with E-state index in [0.717, 1.165) is 18.9 Å². The summed E-state index contributed by atoms with van der Waals surface area (Å²) >= 11 is 0. The van der Waals surface area contributed by atoms with Crippen LogP contribution in [0.2, 0.25) is 0 Å².